The van der Waals surface area contributed by atoms with Gasteiger partial charge in [0.2, 0.25) is 0 Å². The first-order chi connectivity index (χ1) is 14.2. The predicted molar refractivity (Wildman–Crippen MR) is 109 cm³/mol. The summed E-state index contributed by atoms with van der Waals surface area (Å²) in [4.78, 5) is 37.3. The van der Waals surface area contributed by atoms with E-state index in [2.05, 4.69) is 15.9 Å². The highest BCUT2D eigenvalue weighted by molar-refractivity contribution is 9.10. The Hall–Kier alpha value is -3.66. The van der Waals surface area contributed by atoms with Gasteiger partial charge >= 0.3 is 11.9 Å². The number of carboxylic acids is 2. The third-order valence-corrected chi connectivity index (χ3v) is 4.99. The van der Waals surface area contributed by atoms with Gasteiger partial charge in [0.1, 0.15) is 35.1 Å². The predicted octanol–water partition coefficient (Wildman–Crippen LogP) is 3.50. The van der Waals surface area contributed by atoms with Gasteiger partial charge < -0.3 is 25.7 Å². The lowest BCUT2D eigenvalue weighted by molar-refractivity contribution is 0.0695. The maximum absolute atomic E-state index is 13.4. The number of aromatic nitrogens is 1. The minimum Gasteiger partial charge on any atom is -0.489 e. The van der Waals surface area contributed by atoms with Gasteiger partial charge in [0.15, 0.2) is 0 Å². The van der Waals surface area contributed by atoms with Crippen molar-refractivity contribution in [2.75, 3.05) is 5.73 Å². The van der Waals surface area contributed by atoms with Gasteiger partial charge in [0, 0.05) is 15.6 Å². The van der Waals surface area contributed by atoms with Gasteiger partial charge in [-0.1, -0.05) is 28.1 Å². The Morgan fingerprint density at radius 2 is 1.70 bits per heavy atom. The fraction of sp³-hybridized carbons (Fsp3) is 0.0500. The van der Waals surface area contributed by atoms with Crippen molar-refractivity contribution in [1.82, 2.24) is 4.98 Å². The van der Waals surface area contributed by atoms with Gasteiger partial charge in [0.25, 0.3) is 5.56 Å². The molecular weight excluding hydrogens is 463 g/mol. The van der Waals surface area contributed by atoms with E-state index in [0.717, 1.165) is 0 Å². The normalized spacial score (nSPS) is 10.6. The van der Waals surface area contributed by atoms with E-state index in [0.29, 0.717) is 15.8 Å². The number of pyridine rings is 1. The standard InChI is InChI=1S/C20H14BrFN2O6/c21-13-6-3-11(22)7-10(13)8-30-12-4-1-9(2-5-12)14-15(19(26)27)17(23)24-18(25)16(14)20(28)29/h1-7H,8H2,(H,26,27)(H,28,29)(H3,23,24,25). The summed E-state index contributed by atoms with van der Waals surface area (Å²) in [5.74, 6) is -3.59. The zero-order valence-corrected chi connectivity index (χ0v) is 16.7. The van der Waals surface area contributed by atoms with Gasteiger partial charge in [-0.15, -0.1) is 0 Å². The molecule has 0 saturated carbocycles. The molecule has 2 aromatic carbocycles. The number of nitrogen functional groups attached to an aromatic ring is 1. The number of hydrogen-bond donors (Lipinski definition) is 4. The Bertz CT molecular complexity index is 1210. The number of hydrogen-bond acceptors (Lipinski definition) is 5. The first-order valence-corrected chi connectivity index (χ1v) is 9.17. The summed E-state index contributed by atoms with van der Waals surface area (Å²) in [5.41, 5.74) is 3.75. The Morgan fingerprint density at radius 3 is 2.30 bits per heavy atom. The number of carbonyl (C=O) groups is 2. The minimum atomic E-state index is -1.59. The largest absolute Gasteiger partial charge is 0.489 e. The van der Waals surface area contributed by atoms with Crippen LogP contribution in [0.25, 0.3) is 11.1 Å². The van der Waals surface area contributed by atoms with Gasteiger partial charge in [0.05, 0.1) is 0 Å². The summed E-state index contributed by atoms with van der Waals surface area (Å²) in [6.45, 7) is 0.0520. The van der Waals surface area contributed by atoms with Crippen molar-refractivity contribution in [2.45, 2.75) is 6.61 Å². The van der Waals surface area contributed by atoms with Crippen molar-refractivity contribution < 1.29 is 28.9 Å². The van der Waals surface area contributed by atoms with Gasteiger partial charge in [-0.2, -0.15) is 0 Å². The molecule has 0 fully saturated rings. The number of nitrogens with two attached hydrogens (primary N) is 1. The van der Waals surface area contributed by atoms with E-state index < -0.39 is 40.3 Å². The lowest BCUT2D eigenvalue weighted by Gasteiger charge is -2.13. The molecule has 154 valence electrons. The molecule has 0 aliphatic carbocycles. The molecule has 0 radical (unpaired) electrons. The van der Waals surface area contributed by atoms with Crippen LogP contribution >= 0.6 is 15.9 Å². The molecule has 0 atom stereocenters. The fourth-order valence-corrected chi connectivity index (χ4v) is 3.23. The van der Waals surface area contributed by atoms with Crippen molar-refractivity contribution in [3.63, 3.8) is 0 Å². The highest BCUT2D eigenvalue weighted by Gasteiger charge is 2.26. The second kappa shape index (κ2) is 8.37. The van der Waals surface area contributed by atoms with E-state index in [4.69, 9.17) is 10.5 Å². The fourth-order valence-electron chi connectivity index (χ4n) is 2.87. The van der Waals surface area contributed by atoms with E-state index in [1.807, 2.05) is 4.98 Å². The zero-order valence-electron chi connectivity index (χ0n) is 15.1. The molecule has 30 heavy (non-hydrogen) atoms. The molecule has 1 heterocycles. The first-order valence-electron chi connectivity index (χ1n) is 8.38. The van der Waals surface area contributed by atoms with Crippen LogP contribution in [-0.2, 0) is 6.61 Å². The Kier molecular flexibility index (Phi) is 5.88. The van der Waals surface area contributed by atoms with E-state index in [-0.39, 0.29) is 17.7 Å². The molecule has 3 rings (SSSR count). The molecule has 0 saturated heterocycles. The van der Waals surface area contributed by atoms with Crippen LogP contribution in [0, 0.1) is 5.82 Å². The number of ether oxygens (including phenoxy) is 1. The average Bonchev–Trinajstić information content (AvgIpc) is 2.67. The molecule has 0 unspecified atom stereocenters. The smallest absolute Gasteiger partial charge is 0.342 e. The van der Waals surface area contributed by atoms with Crippen LogP contribution in [0.3, 0.4) is 0 Å². The lowest BCUT2D eigenvalue weighted by atomic mass is 9.95. The summed E-state index contributed by atoms with van der Waals surface area (Å²) in [7, 11) is 0. The maximum atomic E-state index is 13.4. The second-order valence-electron chi connectivity index (χ2n) is 6.15. The second-order valence-corrected chi connectivity index (χ2v) is 7.01. The van der Waals surface area contributed by atoms with Crippen LogP contribution in [0.2, 0.25) is 0 Å². The quantitative estimate of drug-likeness (QED) is 0.426. The highest BCUT2D eigenvalue weighted by Crippen LogP contribution is 2.30. The number of aromatic amines is 1. The molecular formula is C20H14BrFN2O6. The van der Waals surface area contributed by atoms with Crippen LogP contribution < -0.4 is 16.0 Å². The summed E-state index contributed by atoms with van der Waals surface area (Å²) in [5, 5.41) is 18.9. The van der Waals surface area contributed by atoms with Crippen LogP contribution in [0.5, 0.6) is 5.75 Å². The van der Waals surface area contributed by atoms with E-state index in [1.54, 1.807) is 6.07 Å². The third-order valence-electron chi connectivity index (χ3n) is 4.22. The molecule has 0 bridgehead atoms. The lowest BCUT2D eigenvalue weighted by Crippen LogP contribution is -2.24. The SMILES string of the molecule is Nc1[nH]c(=O)c(C(=O)O)c(-c2ccc(OCc3cc(F)ccc3Br)cc2)c1C(=O)O. The number of carboxylic acid groups (broad SMARTS) is 2. The van der Waals surface area contributed by atoms with Crippen molar-refractivity contribution in [3.8, 4) is 16.9 Å². The summed E-state index contributed by atoms with van der Waals surface area (Å²) >= 11 is 3.30. The first kappa shape index (κ1) is 21.1. The Balaban J connectivity index is 1.98. The van der Waals surface area contributed by atoms with Gasteiger partial charge in [-0.3, -0.25) is 4.79 Å². The van der Waals surface area contributed by atoms with Crippen molar-refractivity contribution in [1.29, 1.82) is 0 Å². The molecule has 0 aliphatic rings. The number of anilines is 1. The van der Waals surface area contributed by atoms with Crippen molar-refractivity contribution >= 4 is 33.7 Å². The summed E-state index contributed by atoms with van der Waals surface area (Å²) in [6.07, 6.45) is 0. The molecule has 0 spiro atoms. The van der Waals surface area contributed by atoms with Crippen molar-refractivity contribution in [3.05, 3.63) is 79.8 Å². The van der Waals surface area contributed by atoms with Crippen LogP contribution in [0.1, 0.15) is 26.3 Å². The number of halogens is 2. The number of benzene rings is 2. The zero-order chi connectivity index (χ0) is 22.0. The van der Waals surface area contributed by atoms with E-state index >= 15 is 0 Å². The molecule has 0 aliphatic heterocycles. The highest BCUT2D eigenvalue weighted by atomic mass is 79.9. The number of nitrogens with one attached hydrogen (secondary N) is 1. The van der Waals surface area contributed by atoms with Gasteiger partial charge in [-0.25, -0.2) is 14.0 Å². The van der Waals surface area contributed by atoms with Crippen LogP contribution in [0.4, 0.5) is 10.2 Å². The average molecular weight is 477 g/mol. The molecule has 3 aromatic rings. The monoisotopic (exact) mass is 476 g/mol. The van der Waals surface area contributed by atoms with Crippen LogP contribution in [0.15, 0.2) is 51.7 Å². The minimum absolute atomic E-state index is 0.0520. The Labute approximate surface area is 176 Å². The molecule has 10 heteroatoms. The third kappa shape index (κ3) is 4.18. The number of rotatable bonds is 6. The van der Waals surface area contributed by atoms with Crippen LogP contribution in [-0.4, -0.2) is 27.1 Å². The molecule has 1 aromatic heterocycles. The van der Waals surface area contributed by atoms with E-state index in [1.165, 1.54) is 36.4 Å². The Morgan fingerprint density at radius 1 is 1.07 bits per heavy atom. The summed E-state index contributed by atoms with van der Waals surface area (Å²) in [6, 6.07) is 9.92. The van der Waals surface area contributed by atoms with E-state index in [9.17, 15) is 29.0 Å². The number of aromatic carboxylic acids is 2. The molecule has 8 nitrogen and oxygen atoms in total. The number of H-pyrrole nitrogens is 1. The summed E-state index contributed by atoms with van der Waals surface area (Å²) < 4.78 is 19.6. The molecule has 5 N–H and O–H groups in total. The maximum Gasteiger partial charge on any atom is 0.342 e. The topological polar surface area (TPSA) is 143 Å². The molecule has 0 amide bonds. The van der Waals surface area contributed by atoms with Gasteiger partial charge in [-0.05, 0) is 35.9 Å². The van der Waals surface area contributed by atoms with Crippen molar-refractivity contribution in [2.24, 2.45) is 0 Å².